The first-order chi connectivity index (χ1) is 10.2. The molecule has 9 heteroatoms. The zero-order valence-corrected chi connectivity index (χ0v) is 11.8. The van der Waals surface area contributed by atoms with Crippen LogP contribution in [-0.2, 0) is 4.79 Å². The highest BCUT2D eigenvalue weighted by Crippen LogP contribution is 2.21. The molecule has 124 valence electrons. The van der Waals surface area contributed by atoms with E-state index in [1.165, 1.54) is 0 Å². The fourth-order valence-electron chi connectivity index (χ4n) is 2.04. The van der Waals surface area contributed by atoms with E-state index < -0.39 is 12.1 Å². The normalized spacial score (nSPS) is 15.9. The van der Waals surface area contributed by atoms with Crippen LogP contribution < -0.4 is 15.4 Å². The van der Waals surface area contributed by atoms with Crippen molar-refractivity contribution < 1.29 is 27.8 Å². The van der Waals surface area contributed by atoms with Crippen molar-refractivity contribution in [3.05, 3.63) is 29.7 Å². The zero-order valence-electron chi connectivity index (χ0n) is 11.8. The molecule has 0 bridgehead atoms. The minimum absolute atomic E-state index is 0.675. The lowest BCUT2D eigenvalue weighted by atomic mass is 9.97. The number of halogens is 3. The number of hydrogen-bond donors (Lipinski definition) is 2. The molecule has 22 heavy (non-hydrogen) atoms. The molecule has 3 N–H and O–H groups in total. The molecule has 0 atom stereocenters. The molecule has 0 radical (unpaired) electrons. The van der Waals surface area contributed by atoms with Gasteiger partial charge in [0, 0.05) is 30.9 Å². The van der Waals surface area contributed by atoms with E-state index in [4.69, 9.17) is 15.6 Å². The monoisotopic (exact) mass is 321 g/mol. The van der Waals surface area contributed by atoms with Crippen LogP contribution in [0, 0.1) is 11.1 Å². The number of aromatic nitrogens is 1. The van der Waals surface area contributed by atoms with E-state index >= 15 is 0 Å². The third kappa shape index (κ3) is 5.76. The number of carboxylic acid groups (broad SMARTS) is 1. The molecule has 0 unspecified atom stereocenters. The maximum Gasteiger partial charge on any atom is 0.490 e. The topological polar surface area (TPSA) is 93.5 Å². The highest BCUT2D eigenvalue weighted by atomic mass is 19.4. The molecule has 0 spiro atoms. The number of alkyl halides is 3. The van der Waals surface area contributed by atoms with Gasteiger partial charge < -0.3 is 20.9 Å². The second kappa shape index (κ2) is 7.83. The highest BCUT2D eigenvalue weighted by Gasteiger charge is 2.38. The average Bonchev–Trinajstić information content (AvgIpc) is 2.48. The summed E-state index contributed by atoms with van der Waals surface area (Å²) >= 11 is 0. The number of carbonyl (C=O) groups is 1. The summed E-state index contributed by atoms with van der Waals surface area (Å²) in [6.07, 6.45) is 0.320. The van der Waals surface area contributed by atoms with Gasteiger partial charge in [-0.15, -0.1) is 0 Å². The number of piperidine rings is 1. The smallest absolute Gasteiger partial charge is 0.490 e. The standard InChI is InChI=1S/C11H17N3O.C2HF3O2/c12-9-10-1-5-13(6-2-10)11-3-7-14(15)8-4-11;3-2(4,5)1(6)7/h3-4,7-8,10H,1-2,5-6,9,12H2;(H,6,7). The van der Waals surface area contributed by atoms with Gasteiger partial charge >= 0.3 is 12.1 Å². The number of pyridine rings is 1. The molecule has 1 aromatic heterocycles. The van der Waals surface area contributed by atoms with Gasteiger partial charge in [-0.3, -0.25) is 0 Å². The Morgan fingerprint density at radius 1 is 1.36 bits per heavy atom. The zero-order chi connectivity index (χ0) is 16.8. The van der Waals surface area contributed by atoms with Crippen molar-refractivity contribution in [2.45, 2.75) is 19.0 Å². The lowest BCUT2D eigenvalue weighted by Crippen LogP contribution is -2.36. The van der Waals surface area contributed by atoms with Gasteiger partial charge in [0.1, 0.15) is 0 Å². The SMILES string of the molecule is NCC1CCN(c2cc[n+]([O-])cc2)CC1.O=C(O)C(F)(F)F. The largest absolute Gasteiger partial charge is 0.619 e. The van der Waals surface area contributed by atoms with E-state index in [1.807, 2.05) is 12.1 Å². The van der Waals surface area contributed by atoms with Crippen molar-refractivity contribution in [3.63, 3.8) is 0 Å². The third-order valence-electron chi connectivity index (χ3n) is 3.34. The number of rotatable bonds is 2. The summed E-state index contributed by atoms with van der Waals surface area (Å²) in [7, 11) is 0. The first-order valence-corrected chi connectivity index (χ1v) is 6.68. The summed E-state index contributed by atoms with van der Waals surface area (Å²) in [5.74, 6) is -2.08. The first-order valence-electron chi connectivity index (χ1n) is 6.68. The van der Waals surface area contributed by atoms with Crippen molar-refractivity contribution in [2.75, 3.05) is 24.5 Å². The van der Waals surface area contributed by atoms with Crippen LogP contribution in [0.25, 0.3) is 0 Å². The van der Waals surface area contributed by atoms with E-state index in [9.17, 15) is 18.4 Å². The van der Waals surface area contributed by atoms with E-state index in [0.717, 1.165) is 42.9 Å². The van der Waals surface area contributed by atoms with Gasteiger partial charge in [0.25, 0.3) is 0 Å². The summed E-state index contributed by atoms with van der Waals surface area (Å²) in [6.45, 7) is 2.89. The fraction of sp³-hybridized carbons (Fsp3) is 0.538. The van der Waals surface area contributed by atoms with Gasteiger partial charge in [-0.2, -0.15) is 17.9 Å². The minimum Gasteiger partial charge on any atom is -0.619 e. The molecule has 1 saturated heterocycles. The van der Waals surface area contributed by atoms with Crippen molar-refractivity contribution in [3.8, 4) is 0 Å². The second-order valence-corrected chi connectivity index (χ2v) is 4.89. The van der Waals surface area contributed by atoms with Gasteiger partial charge in [0.05, 0.1) is 0 Å². The Labute approximate surface area is 125 Å². The number of nitrogens with zero attached hydrogens (tertiary/aromatic N) is 2. The Morgan fingerprint density at radius 3 is 2.18 bits per heavy atom. The Balaban J connectivity index is 0.000000295. The predicted molar refractivity (Wildman–Crippen MR) is 73.1 cm³/mol. The van der Waals surface area contributed by atoms with Crippen LogP contribution in [0.5, 0.6) is 0 Å². The van der Waals surface area contributed by atoms with Crippen molar-refractivity contribution >= 4 is 11.7 Å². The summed E-state index contributed by atoms with van der Waals surface area (Å²) < 4.78 is 32.6. The van der Waals surface area contributed by atoms with Crippen LogP contribution in [-0.4, -0.2) is 36.9 Å². The Morgan fingerprint density at radius 2 is 1.82 bits per heavy atom. The summed E-state index contributed by atoms with van der Waals surface area (Å²) in [4.78, 5) is 11.2. The van der Waals surface area contributed by atoms with Crippen LogP contribution in [0.2, 0.25) is 0 Å². The molecular formula is C13H18F3N3O3. The molecular weight excluding hydrogens is 303 g/mol. The molecule has 0 aliphatic carbocycles. The molecule has 2 rings (SSSR count). The number of anilines is 1. The molecule has 0 saturated carbocycles. The van der Waals surface area contributed by atoms with Crippen LogP contribution in [0.3, 0.4) is 0 Å². The fourth-order valence-corrected chi connectivity index (χ4v) is 2.04. The van der Waals surface area contributed by atoms with Gasteiger partial charge in [-0.1, -0.05) is 0 Å². The molecule has 1 fully saturated rings. The lowest BCUT2D eigenvalue weighted by Gasteiger charge is -2.32. The van der Waals surface area contributed by atoms with Gasteiger partial charge in [0.15, 0.2) is 12.4 Å². The van der Waals surface area contributed by atoms with E-state index in [1.54, 1.807) is 12.4 Å². The van der Waals surface area contributed by atoms with Crippen molar-refractivity contribution in [1.82, 2.24) is 0 Å². The minimum atomic E-state index is -5.08. The summed E-state index contributed by atoms with van der Waals surface area (Å²) in [6, 6.07) is 3.74. The molecule has 1 aromatic rings. The molecule has 0 aromatic carbocycles. The Bertz CT molecular complexity index is 472. The third-order valence-corrected chi connectivity index (χ3v) is 3.34. The molecule has 2 heterocycles. The maximum absolute atomic E-state index is 10.9. The van der Waals surface area contributed by atoms with Crippen LogP contribution in [0.1, 0.15) is 12.8 Å². The Hall–Kier alpha value is -2.03. The quantitative estimate of drug-likeness (QED) is 0.629. The summed E-state index contributed by atoms with van der Waals surface area (Å²) in [5, 5.41) is 18.0. The van der Waals surface area contributed by atoms with Gasteiger partial charge in [-0.25, -0.2) is 4.79 Å². The number of nitrogens with two attached hydrogens (primary N) is 1. The van der Waals surface area contributed by atoms with Gasteiger partial charge in [0.2, 0.25) is 0 Å². The van der Waals surface area contributed by atoms with Crippen molar-refractivity contribution in [1.29, 1.82) is 0 Å². The highest BCUT2D eigenvalue weighted by molar-refractivity contribution is 5.73. The first kappa shape index (κ1) is 18.0. The number of carboxylic acids is 1. The Kier molecular flexibility index (Phi) is 6.41. The maximum atomic E-state index is 10.9. The lowest BCUT2D eigenvalue weighted by molar-refractivity contribution is -0.605. The van der Waals surface area contributed by atoms with Crippen LogP contribution in [0.15, 0.2) is 24.5 Å². The van der Waals surface area contributed by atoms with Crippen LogP contribution in [0.4, 0.5) is 18.9 Å². The van der Waals surface area contributed by atoms with Gasteiger partial charge in [-0.05, 0) is 25.3 Å². The van der Waals surface area contributed by atoms with E-state index in [-0.39, 0.29) is 0 Å². The average molecular weight is 321 g/mol. The second-order valence-electron chi connectivity index (χ2n) is 4.89. The molecule has 1 aliphatic rings. The predicted octanol–water partition coefficient (Wildman–Crippen LogP) is 1.13. The van der Waals surface area contributed by atoms with E-state index in [0.29, 0.717) is 5.92 Å². The van der Waals surface area contributed by atoms with Crippen molar-refractivity contribution in [2.24, 2.45) is 11.7 Å². The molecule has 1 aliphatic heterocycles. The van der Waals surface area contributed by atoms with E-state index in [2.05, 4.69) is 4.90 Å². The summed E-state index contributed by atoms with van der Waals surface area (Å²) in [5.41, 5.74) is 6.78. The number of aliphatic carboxylic acids is 1. The molecule has 6 nitrogen and oxygen atoms in total. The van der Waals surface area contributed by atoms with Crippen LogP contribution >= 0.6 is 0 Å². The molecule has 0 amide bonds. The number of hydrogen-bond acceptors (Lipinski definition) is 4.